The SMILES string of the molecule is CS(=O)(=O)c1cccc(C(=O)Oc2ccc(Cl)cc2Cl)c1. The maximum absolute atomic E-state index is 12.0. The maximum Gasteiger partial charge on any atom is 0.343 e. The highest BCUT2D eigenvalue weighted by molar-refractivity contribution is 7.90. The third kappa shape index (κ3) is 3.97. The van der Waals surface area contributed by atoms with Crippen LogP contribution in [0.3, 0.4) is 0 Å². The lowest BCUT2D eigenvalue weighted by Crippen LogP contribution is -2.10. The quantitative estimate of drug-likeness (QED) is 0.630. The van der Waals surface area contributed by atoms with Crippen LogP contribution in [-0.2, 0) is 9.84 Å². The number of carbonyl (C=O) groups excluding carboxylic acids is 1. The number of esters is 1. The Morgan fingerprint density at radius 1 is 1.10 bits per heavy atom. The fourth-order valence-electron chi connectivity index (χ4n) is 1.57. The van der Waals surface area contributed by atoms with E-state index < -0.39 is 15.8 Å². The van der Waals surface area contributed by atoms with Gasteiger partial charge in [-0.25, -0.2) is 13.2 Å². The molecule has 0 spiro atoms. The van der Waals surface area contributed by atoms with E-state index in [0.717, 1.165) is 6.26 Å². The van der Waals surface area contributed by atoms with Gasteiger partial charge >= 0.3 is 5.97 Å². The van der Waals surface area contributed by atoms with Crippen molar-refractivity contribution < 1.29 is 17.9 Å². The molecular weight excluding hydrogens is 335 g/mol. The molecule has 7 heteroatoms. The zero-order chi connectivity index (χ0) is 15.6. The van der Waals surface area contributed by atoms with E-state index >= 15 is 0 Å². The van der Waals surface area contributed by atoms with Crippen LogP contribution in [0.2, 0.25) is 10.0 Å². The summed E-state index contributed by atoms with van der Waals surface area (Å²) in [5.74, 6) is -0.555. The molecule has 21 heavy (non-hydrogen) atoms. The lowest BCUT2D eigenvalue weighted by Gasteiger charge is -2.07. The van der Waals surface area contributed by atoms with Gasteiger partial charge in [0.05, 0.1) is 15.5 Å². The van der Waals surface area contributed by atoms with Gasteiger partial charge < -0.3 is 4.74 Å². The number of ether oxygens (including phenoxy) is 1. The van der Waals surface area contributed by atoms with Gasteiger partial charge in [0, 0.05) is 11.3 Å². The fourth-order valence-corrected chi connectivity index (χ4v) is 2.68. The minimum absolute atomic E-state index is 0.0409. The summed E-state index contributed by atoms with van der Waals surface area (Å²) in [5, 5.41) is 0.606. The summed E-state index contributed by atoms with van der Waals surface area (Å²) in [6, 6.07) is 10.0. The largest absolute Gasteiger partial charge is 0.421 e. The van der Waals surface area contributed by atoms with Gasteiger partial charge in [-0.15, -0.1) is 0 Å². The third-order valence-corrected chi connectivity index (χ3v) is 4.24. The van der Waals surface area contributed by atoms with E-state index in [4.69, 9.17) is 27.9 Å². The molecule has 0 aliphatic heterocycles. The Morgan fingerprint density at radius 2 is 1.81 bits per heavy atom. The van der Waals surface area contributed by atoms with Crippen molar-refractivity contribution in [1.82, 2.24) is 0 Å². The van der Waals surface area contributed by atoms with E-state index in [2.05, 4.69) is 0 Å². The van der Waals surface area contributed by atoms with Crippen molar-refractivity contribution in [3.05, 3.63) is 58.1 Å². The molecule has 0 N–H and O–H groups in total. The van der Waals surface area contributed by atoms with Crippen LogP contribution in [-0.4, -0.2) is 20.6 Å². The molecule has 0 heterocycles. The highest BCUT2D eigenvalue weighted by atomic mass is 35.5. The van der Waals surface area contributed by atoms with E-state index in [1.54, 1.807) is 0 Å². The number of sulfone groups is 1. The monoisotopic (exact) mass is 344 g/mol. The average Bonchev–Trinajstić information content (AvgIpc) is 2.41. The van der Waals surface area contributed by atoms with Crippen LogP contribution in [0.5, 0.6) is 5.75 Å². The summed E-state index contributed by atoms with van der Waals surface area (Å²) >= 11 is 11.7. The molecule has 0 unspecified atom stereocenters. The summed E-state index contributed by atoms with van der Waals surface area (Å²) in [4.78, 5) is 12.1. The standard InChI is InChI=1S/C14H10Cl2O4S/c1-21(18,19)11-4-2-3-9(7-11)14(17)20-13-6-5-10(15)8-12(13)16/h2-8H,1H3. The predicted octanol–water partition coefficient (Wildman–Crippen LogP) is 3.62. The molecule has 0 radical (unpaired) electrons. The summed E-state index contributed by atoms with van der Waals surface area (Å²) in [6.07, 6.45) is 1.06. The van der Waals surface area contributed by atoms with Gasteiger partial charge in [-0.05, 0) is 36.4 Å². The molecule has 0 fully saturated rings. The Hall–Kier alpha value is -1.56. The first-order chi connectivity index (χ1) is 9.77. The molecule has 2 aromatic carbocycles. The Kier molecular flexibility index (Phi) is 4.56. The maximum atomic E-state index is 12.0. The van der Waals surface area contributed by atoms with Gasteiger partial charge in [-0.3, -0.25) is 0 Å². The van der Waals surface area contributed by atoms with Crippen molar-refractivity contribution >= 4 is 39.0 Å². The van der Waals surface area contributed by atoms with Gasteiger partial charge in [0.2, 0.25) is 0 Å². The second-order valence-electron chi connectivity index (χ2n) is 4.26. The minimum Gasteiger partial charge on any atom is -0.421 e. The summed E-state index contributed by atoms with van der Waals surface area (Å²) in [5.41, 5.74) is 0.115. The van der Waals surface area contributed by atoms with Crippen molar-refractivity contribution in [3.63, 3.8) is 0 Å². The molecule has 0 aliphatic rings. The smallest absolute Gasteiger partial charge is 0.343 e. The van der Waals surface area contributed by atoms with Crippen LogP contribution < -0.4 is 4.74 Å². The first-order valence-electron chi connectivity index (χ1n) is 5.75. The van der Waals surface area contributed by atoms with Gasteiger partial charge in [0.15, 0.2) is 9.84 Å². The molecule has 4 nitrogen and oxygen atoms in total. The summed E-state index contributed by atoms with van der Waals surface area (Å²) in [7, 11) is -3.40. The molecule has 0 aromatic heterocycles. The Bertz CT molecular complexity index is 800. The molecule has 2 aromatic rings. The van der Waals surface area contributed by atoms with Crippen LogP contribution in [0.15, 0.2) is 47.4 Å². The van der Waals surface area contributed by atoms with Crippen molar-refractivity contribution in [2.45, 2.75) is 4.90 Å². The van der Waals surface area contributed by atoms with Crippen LogP contribution in [0.1, 0.15) is 10.4 Å². The van der Waals surface area contributed by atoms with E-state index in [1.807, 2.05) is 0 Å². The second kappa shape index (κ2) is 6.05. The Balaban J connectivity index is 2.29. The van der Waals surface area contributed by atoms with E-state index in [1.165, 1.54) is 42.5 Å². The van der Waals surface area contributed by atoms with Crippen molar-refractivity contribution in [2.24, 2.45) is 0 Å². The molecule has 0 atom stereocenters. The zero-order valence-electron chi connectivity index (χ0n) is 10.8. The number of hydrogen-bond acceptors (Lipinski definition) is 4. The fraction of sp³-hybridized carbons (Fsp3) is 0.0714. The van der Waals surface area contributed by atoms with Crippen molar-refractivity contribution in [1.29, 1.82) is 0 Å². The molecule has 0 saturated heterocycles. The number of carbonyl (C=O) groups is 1. The van der Waals surface area contributed by atoms with Gasteiger partial charge in [0.25, 0.3) is 0 Å². The zero-order valence-corrected chi connectivity index (χ0v) is 13.2. The minimum atomic E-state index is -3.40. The van der Waals surface area contributed by atoms with E-state index in [9.17, 15) is 13.2 Å². The van der Waals surface area contributed by atoms with Crippen molar-refractivity contribution in [3.8, 4) is 5.75 Å². The Morgan fingerprint density at radius 3 is 2.43 bits per heavy atom. The van der Waals surface area contributed by atoms with Gasteiger partial charge in [-0.1, -0.05) is 29.3 Å². The molecular formula is C14H10Cl2O4S. The highest BCUT2D eigenvalue weighted by Gasteiger charge is 2.14. The molecule has 0 amide bonds. The lowest BCUT2D eigenvalue weighted by molar-refractivity contribution is 0.0734. The molecule has 2 rings (SSSR count). The van der Waals surface area contributed by atoms with Gasteiger partial charge in [0.1, 0.15) is 5.75 Å². The van der Waals surface area contributed by atoms with Crippen LogP contribution in [0.4, 0.5) is 0 Å². The summed E-state index contributed by atoms with van der Waals surface area (Å²) in [6.45, 7) is 0. The lowest BCUT2D eigenvalue weighted by atomic mass is 10.2. The molecule has 0 saturated carbocycles. The van der Waals surface area contributed by atoms with Gasteiger partial charge in [-0.2, -0.15) is 0 Å². The second-order valence-corrected chi connectivity index (χ2v) is 7.12. The third-order valence-electron chi connectivity index (χ3n) is 2.59. The van der Waals surface area contributed by atoms with Crippen LogP contribution in [0.25, 0.3) is 0 Å². The van der Waals surface area contributed by atoms with E-state index in [0.29, 0.717) is 5.02 Å². The van der Waals surface area contributed by atoms with Crippen LogP contribution >= 0.6 is 23.2 Å². The normalized spacial score (nSPS) is 11.2. The molecule has 0 aliphatic carbocycles. The Labute approximate surface area is 132 Å². The van der Waals surface area contributed by atoms with E-state index in [-0.39, 0.29) is 21.2 Å². The number of benzene rings is 2. The molecule has 0 bridgehead atoms. The summed E-state index contributed by atoms with van der Waals surface area (Å²) < 4.78 is 28.1. The first-order valence-corrected chi connectivity index (χ1v) is 8.39. The van der Waals surface area contributed by atoms with Crippen LogP contribution in [0, 0.1) is 0 Å². The number of rotatable bonds is 3. The first kappa shape index (κ1) is 15.8. The average molecular weight is 345 g/mol. The molecule has 110 valence electrons. The topological polar surface area (TPSA) is 60.4 Å². The predicted molar refractivity (Wildman–Crippen MR) is 81.0 cm³/mol. The number of halogens is 2. The van der Waals surface area contributed by atoms with Crippen molar-refractivity contribution in [2.75, 3.05) is 6.26 Å². The number of hydrogen-bond donors (Lipinski definition) is 0. The highest BCUT2D eigenvalue weighted by Crippen LogP contribution is 2.28.